The highest BCUT2D eigenvalue weighted by Gasteiger charge is 2.23. The molecule has 2 aromatic carbocycles. The molecule has 0 radical (unpaired) electrons. The number of nitrogens with one attached hydrogen (secondary N) is 1. The van der Waals surface area contributed by atoms with Gasteiger partial charge >= 0.3 is 5.97 Å². The first-order valence-corrected chi connectivity index (χ1v) is 11.1. The summed E-state index contributed by atoms with van der Waals surface area (Å²) in [6.45, 7) is 3.78. The Hall–Kier alpha value is -2.64. The van der Waals surface area contributed by atoms with Crippen molar-refractivity contribution in [3.63, 3.8) is 0 Å². The van der Waals surface area contributed by atoms with Crippen molar-refractivity contribution in [3.05, 3.63) is 76.3 Å². The first-order chi connectivity index (χ1) is 13.9. The van der Waals surface area contributed by atoms with Crippen molar-refractivity contribution in [2.75, 3.05) is 5.75 Å². The molecule has 0 saturated heterocycles. The van der Waals surface area contributed by atoms with E-state index in [-0.39, 0.29) is 0 Å². The van der Waals surface area contributed by atoms with Crippen molar-refractivity contribution in [3.8, 4) is 10.6 Å². The number of thioether (sulfide) groups is 1. The Morgan fingerprint density at radius 3 is 2.45 bits per heavy atom. The van der Waals surface area contributed by atoms with Crippen molar-refractivity contribution >= 4 is 35.0 Å². The smallest absolute Gasteiger partial charge is 0.327 e. The van der Waals surface area contributed by atoms with E-state index < -0.39 is 17.9 Å². The Bertz CT molecular complexity index is 985. The second kappa shape index (κ2) is 9.71. The molecule has 3 rings (SSSR count). The van der Waals surface area contributed by atoms with E-state index in [0.717, 1.165) is 21.7 Å². The number of nitrogens with zero attached hydrogens (tertiary/aromatic N) is 1. The van der Waals surface area contributed by atoms with Crippen molar-refractivity contribution in [1.82, 2.24) is 10.3 Å². The lowest BCUT2D eigenvalue weighted by Gasteiger charge is -2.14. The van der Waals surface area contributed by atoms with Crippen molar-refractivity contribution < 1.29 is 14.7 Å². The van der Waals surface area contributed by atoms with Crippen LogP contribution in [0.2, 0.25) is 0 Å². The van der Waals surface area contributed by atoms with E-state index in [4.69, 9.17) is 0 Å². The van der Waals surface area contributed by atoms with E-state index >= 15 is 0 Å². The molecule has 0 bridgehead atoms. The zero-order valence-electron chi connectivity index (χ0n) is 16.2. The molecule has 0 aliphatic heterocycles. The van der Waals surface area contributed by atoms with Gasteiger partial charge in [-0.3, -0.25) is 4.79 Å². The van der Waals surface area contributed by atoms with Crippen LogP contribution in [-0.4, -0.2) is 33.8 Å². The summed E-state index contributed by atoms with van der Waals surface area (Å²) in [5.41, 5.74) is 3.81. The van der Waals surface area contributed by atoms with E-state index in [1.165, 1.54) is 23.1 Å². The SMILES string of the molecule is Cc1ccc(-c2nc(C)c(C(=O)N[C@H](CSCc3ccccc3)C(=O)O)s2)cc1. The van der Waals surface area contributed by atoms with Gasteiger partial charge in [0.05, 0.1) is 5.69 Å². The molecule has 3 aromatic rings. The minimum atomic E-state index is -1.04. The van der Waals surface area contributed by atoms with Gasteiger partial charge < -0.3 is 10.4 Å². The number of aryl methyl sites for hydroxylation is 2. The number of benzene rings is 2. The van der Waals surface area contributed by atoms with Gasteiger partial charge in [0.1, 0.15) is 15.9 Å². The Kier molecular flexibility index (Phi) is 7.06. The maximum absolute atomic E-state index is 12.7. The third-order valence-corrected chi connectivity index (χ3v) is 6.61. The predicted octanol–water partition coefficient (Wildman–Crippen LogP) is 4.54. The lowest BCUT2D eigenvalue weighted by atomic mass is 10.2. The second-order valence-corrected chi connectivity index (χ2v) is 8.69. The maximum Gasteiger partial charge on any atom is 0.327 e. The van der Waals surface area contributed by atoms with Crippen LogP contribution in [0.5, 0.6) is 0 Å². The zero-order valence-corrected chi connectivity index (χ0v) is 17.8. The molecule has 0 fully saturated rings. The van der Waals surface area contributed by atoms with Gasteiger partial charge in [-0.25, -0.2) is 9.78 Å². The Labute approximate surface area is 178 Å². The van der Waals surface area contributed by atoms with Crippen LogP contribution in [0.15, 0.2) is 54.6 Å². The van der Waals surface area contributed by atoms with Gasteiger partial charge in [-0.15, -0.1) is 11.3 Å². The number of carbonyl (C=O) groups excluding carboxylic acids is 1. The molecule has 2 N–H and O–H groups in total. The van der Waals surface area contributed by atoms with E-state index in [9.17, 15) is 14.7 Å². The molecule has 0 aliphatic carbocycles. The first kappa shape index (κ1) is 21.1. The van der Waals surface area contributed by atoms with Gasteiger partial charge in [-0.2, -0.15) is 11.8 Å². The van der Waals surface area contributed by atoms with Crippen LogP contribution < -0.4 is 5.32 Å². The van der Waals surface area contributed by atoms with E-state index in [1.807, 2.05) is 61.5 Å². The number of aromatic nitrogens is 1. The van der Waals surface area contributed by atoms with E-state index in [1.54, 1.807) is 6.92 Å². The fraction of sp³-hybridized carbons (Fsp3) is 0.227. The molecular weight excluding hydrogens is 404 g/mol. The van der Waals surface area contributed by atoms with Crippen LogP contribution in [0.25, 0.3) is 10.6 Å². The molecule has 0 saturated carbocycles. The second-order valence-electron chi connectivity index (χ2n) is 6.66. The number of thiazole rings is 1. The molecule has 0 spiro atoms. The lowest BCUT2D eigenvalue weighted by Crippen LogP contribution is -2.42. The lowest BCUT2D eigenvalue weighted by molar-refractivity contribution is -0.138. The monoisotopic (exact) mass is 426 g/mol. The summed E-state index contributed by atoms with van der Waals surface area (Å²) >= 11 is 2.76. The summed E-state index contributed by atoms with van der Waals surface area (Å²) in [6.07, 6.45) is 0. The number of rotatable bonds is 8. The highest BCUT2D eigenvalue weighted by molar-refractivity contribution is 7.98. The predicted molar refractivity (Wildman–Crippen MR) is 119 cm³/mol. The van der Waals surface area contributed by atoms with Crippen LogP contribution >= 0.6 is 23.1 Å². The number of carbonyl (C=O) groups is 2. The molecule has 7 heteroatoms. The largest absolute Gasteiger partial charge is 0.480 e. The van der Waals surface area contributed by atoms with Gasteiger partial charge in [-0.1, -0.05) is 60.2 Å². The van der Waals surface area contributed by atoms with Crippen molar-refractivity contribution in [2.24, 2.45) is 0 Å². The molecule has 0 aliphatic rings. The molecule has 5 nitrogen and oxygen atoms in total. The van der Waals surface area contributed by atoms with Gasteiger partial charge in [-0.05, 0) is 19.4 Å². The normalized spacial score (nSPS) is 11.8. The topological polar surface area (TPSA) is 79.3 Å². The highest BCUT2D eigenvalue weighted by Crippen LogP contribution is 2.28. The summed E-state index contributed by atoms with van der Waals surface area (Å²) in [5, 5.41) is 12.9. The van der Waals surface area contributed by atoms with Crippen LogP contribution in [0, 0.1) is 13.8 Å². The minimum absolute atomic E-state index is 0.290. The van der Waals surface area contributed by atoms with Gasteiger partial charge in [0.25, 0.3) is 5.91 Å². The van der Waals surface area contributed by atoms with Crippen LogP contribution in [-0.2, 0) is 10.5 Å². The first-order valence-electron chi connectivity index (χ1n) is 9.14. The number of carboxylic acid groups (broad SMARTS) is 1. The summed E-state index contributed by atoms with van der Waals surface area (Å²) in [6, 6.07) is 16.8. The minimum Gasteiger partial charge on any atom is -0.480 e. The van der Waals surface area contributed by atoms with E-state index in [2.05, 4.69) is 10.3 Å². The molecule has 1 amide bonds. The zero-order chi connectivity index (χ0) is 20.8. The summed E-state index contributed by atoms with van der Waals surface area (Å²) < 4.78 is 0. The number of aliphatic carboxylic acids is 1. The van der Waals surface area contributed by atoms with Crippen LogP contribution in [0.4, 0.5) is 0 Å². The molecule has 150 valence electrons. The quantitative estimate of drug-likeness (QED) is 0.553. The Balaban J connectivity index is 1.65. The van der Waals surface area contributed by atoms with Crippen molar-refractivity contribution in [2.45, 2.75) is 25.6 Å². The Morgan fingerprint density at radius 2 is 1.79 bits per heavy atom. The summed E-state index contributed by atoms with van der Waals surface area (Å²) in [5.74, 6) is -0.457. The third-order valence-electron chi connectivity index (χ3n) is 4.30. The third kappa shape index (κ3) is 5.68. The van der Waals surface area contributed by atoms with Crippen LogP contribution in [0.3, 0.4) is 0 Å². The Morgan fingerprint density at radius 1 is 1.10 bits per heavy atom. The number of carboxylic acids is 1. The molecule has 1 atom stereocenters. The fourth-order valence-corrected chi connectivity index (χ4v) is 4.68. The van der Waals surface area contributed by atoms with E-state index in [0.29, 0.717) is 22.1 Å². The summed E-state index contributed by atoms with van der Waals surface area (Å²) in [7, 11) is 0. The molecule has 1 heterocycles. The summed E-state index contributed by atoms with van der Waals surface area (Å²) in [4.78, 5) is 29.2. The molecular formula is C22H22N2O3S2. The van der Waals surface area contributed by atoms with Gasteiger partial charge in [0.15, 0.2) is 0 Å². The van der Waals surface area contributed by atoms with Gasteiger partial charge in [0.2, 0.25) is 0 Å². The molecule has 29 heavy (non-hydrogen) atoms. The molecule has 0 unspecified atom stereocenters. The highest BCUT2D eigenvalue weighted by atomic mass is 32.2. The average molecular weight is 427 g/mol. The average Bonchev–Trinajstić information content (AvgIpc) is 3.10. The maximum atomic E-state index is 12.7. The molecule has 1 aromatic heterocycles. The standard InChI is InChI=1S/C22H22N2O3S2/c1-14-8-10-17(11-9-14)21-23-15(2)19(29-21)20(25)24-18(22(26)27)13-28-12-16-6-4-3-5-7-16/h3-11,18H,12-13H2,1-2H3,(H,24,25)(H,26,27)/t18-/m1/s1. The number of hydrogen-bond donors (Lipinski definition) is 2. The fourth-order valence-electron chi connectivity index (χ4n) is 2.69. The van der Waals surface area contributed by atoms with Crippen molar-refractivity contribution in [1.29, 1.82) is 0 Å². The number of hydrogen-bond acceptors (Lipinski definition) is 5. The number of amides is 1. The van der Waals surface area contributed by atoms with Crippen LogP contribution in [0.1, 0.15) is 26.5 Å². The van der Waals surface area contributed by atoms with Gasteiger partial charge in [0, 0.05) is 17.1 Å².